The summed E-state index contributed by atoms with van der Waals surface area (Å²) in [7, 11) is 3.84. The second-order valence-electron chi connectivity index (χ2n) is 5.91. The molecule has 1 aliphatic heterocycles. The number of fused-ring (bicyclic) bond motifs is 1. The summed E-state index contributed by atoms with van der Waals surface area (Å²) in [5.41, 5.74) is 0.945. The number of anilines is 1. The summed E-state index contributed by atoms with van der Waals surface area (Å²) in [5.74, 6) is 1.88. The van der Waals surface area contributed by atoms with Crippen LogP contribution in [0.3, 0.4) is 0 Å². The third-order valence-electron chi connectivity index (χ3n) is 3.84. The summed E-state index contributed by atoms with van der Waals surface area (Å²) < 4.78 is 11.6. The molecule has 6 nitrogen and oxygen atoms in total. The van der Waals surface area contributed by atoms with Gasteiger partial charge in [0.1, 0.15) is 11.9 Å². The Bertz CT molecular complexity index is 733. The van der Waals surface area contributed by atoms with Crippen LogP contribution in [0.25, 0.3) is 0 Å². The Morgan fingerprint density at radius 1 is 1.17 bits per heavy atom. The molecule has 1 aromatic heterocycles. The summed E-state index contributed by atoms with van der Waals surface area (Å²) in [5, 5.41) is 2.91. The van der Waals surface area contributed by atoms with Gasteiger partial charge in [-0.25, -0.2) is 4.98 Å². The minimum absolute atomic E-state index is 0.203. The fraction of sp³-hybridized carbons (Fsp3) is 0.333. The molecule has 0 radical (unpaired) electrons. The number of nitrogens with one attached hydrogen (secondary N) is 1. The maximum Gasteiger partial charge on any atom is 0.265 e. The zero-order valence-corrected chi connectivity index (χ0v) is 14.0. The van der Waals surface area contributed by atoms with Gasteiger partial charge >= 0.3 is 0 Å². The molecule has 1 amide bonds. The van der Waals surface area contributed by atoms with Crippen LogP contribution in [0.4, 0.5) is 5.82 Å². The number of benzene rings is 1. The Labute approximate surface area is 141 Å². The monoisotopic (exact) mass is 327 g/mol. The van der Waals surface area contributed by atoms with Gasteiger partial charge in [-0.05, 0) is 25.1 Å². The topological polar surface area (TPSA) is 63.7 Å². The van der Waals surface area contributed by atoms with E-state index in [4.69, 9.17) is 9.47 Å². The van der Waals surface area contributed by atoms with Gasteiger partial charge in [0.2, 0.25) is 6.10 Å². The van der Waals surface area contributed by atoms with Gasteiger partial charge in [-0.15, -0.1) is 0 Å². The van der Waals surface area contributed by atoms with Crippen LogP contribution in [-0.4, -0.2) is 37.2 Å². The first-order valence-corrected chi connectivity index (χ1v) is 7.87. The van der Waals surface area contributed by atoms with Crippen LogP contribution in [-0.2, 0) is 11.3 Å². The van der Waals surface area contributed by atoms with Crippen molar-refractivity contribution in [1.29, 1.82) is 0 Å². The van der Waals surface area contributed by atoms with Gasteiger partial charge in [0.05, 0.1) is 0 Å². The van der Waals surface area contributed by atoms with Crippen molar-refractivity contribution in [3.63, 3.8) is 0 Å². The number of carbonyl (C=O) groups is 1. The Kier molecular flexibility index (Phi) is 4.55. The van der Waals surface area contributed by atoms with E-state index in [-0.39, 0.29) is 12.0 Å². The lowest BCUT2D eigenvalue weighted by Gasteiger charge is -2.31. The predicted octanol–water partition coefficient (Wildman–Crippen LogP) is 1.99. The first-order chi connectivity index (χ1) is 11.6. The van der Waals surface area contributed by atoms with Crippen molar-refractivity contribution >= 4 is 11.7 Å². The van der Waals surface area contributed by atoms with Crippen LogP contribution in [0.1, 0.15) is 12.5 Å². The van der Waals surface area contributed by atoms with E-state index in [1.54, 1.807) is 12.3 Å². The molecule has 2 atom stereocenters. The standard InChI is InChI=1S/C18H21N3O3/c1-12-16(24-15-9-5-4-8-14(15)23-12)18(22)20-11-13-7-6-10-19-17(13)21(2)3/h4-10,12,16H,11H2,1-3H3,(H,20,22)/t12-,16+/m0/s1. The zero-order chi connectivity index (χ0) is 17.1. The molecule has 0 aliphatic carbocycles. The van der Waals surface area contributed by atoms with Crippen molar-refractivity contribution < 1.29 is 14.3 Å². The Balaban J connectivity index is 1.68. The lowest BCUT2D eigenvalue weighted by atomic mass is 10.1. The number of hydrogen-bond acceptors (Lipinski definition) is 5. The molecular formula is C18H21N3O3. The van der Waals surface area contributed by atoms with Gasteiger partial charge < -0.3 is 19.7 Å². The van der Waals surface area contributed by atoms with Gasteiger partial charge in [0.25, 0.3) is 5.91 Å². The third kappa shape index (κ3) is 3.27. The molecule has 0 bridgehead atoms. The highest BCUT2D eigenvalue weighted by molar-refractivity contribution is 5.82. The molecule has 1 aromatic carbocycles. The van der Waals surface area contributed by atoms with Gasteiger partial charge in [-0.3, -0.25) is 4.79 Å². The first kappa shape index (κ1) is 16.1. The third-order valence-corrected chi connectivity index (χ3v) is 3.84. The van der Waals surface area contributed by atoms with E-state index < -0.39 is 6.10 Å². The number of amides is 1. The highest BCUT2D eigenvalue weighted by Gasteiger charge is 2.33. The number of nitrogens with zero attached hydrogens (tertiary/aromatic N) is 2. The molecule has 1 aliphatic rings. The molecule has 2 heterocycles. The van der Waals surface area contributed by atoms with E-state index in [9.17, 15) is 4.79 Å². The van der Waals surface area contributed by atoms with Gasteiger partial charge in [0, 0.05) is 32.4 Å². The van der Waals surface area contributed by atoms with Crippen molar-refractivity contribution in [3.8, 4) is 11.5 Å². The van der Waals surface area contributed by atoms with Crippen LogP contribution >= 0.6 is 0 Å². The maximum absolute atomic E-state index is 12.5. The summed E-state index contributed by atoms with van der Waals surface area (Å²) >= 11 is 0. The summed E-state index contributed by atoms with van der Waals surface area (Å²) in [6, 6.07) is 11.2. The average molecular weight is 327 g/mol. The minimum atomic E-state index is -0.681. The molecule has 6 heteroatoms. The number of carbonyl (C=O) groups excluding carboxylic acids is 1. The summed E-state index contributed by atoms with van der Waals surface area (Å²) in [4.78, 5) is 18.8. The van der Waals surface area contributed by atoms with E-state index >= 15 is 0 Å². The van der Waals surface area contributed by atoms with Crippen molar-refractivity contribution in [3.05, 3.63) is 48.2 Å². The fourth-order valence-electron chi connectivity index (χ4n) is 2.66. The molecule has 0 saturated carbocycles. The van der Waals surface area contributed by atoms with Gasteiger partial charge in [0.15, 0.2) is 11.5 Å². The van der Waals surface area contributed by atoms with Crippen LogP contribution in [0.5, 0.6) is 11.5 Å². The lowest BCUT2D eigenvalue weighted by Crippen LogP contribution is -2.48. The van der Waals surface area contributed by atoms with Crippen molar-refractivity contribution in [2.75, 3.05) is 19.0 Å². The number of pyridine rings is 1. The van der Waals surface area contributed by atoms with E-state index in [1.165, 1.54) is 0 Å². The minimum Gasteiger partial charge on any atom is -0.482 e. The second kappa shape index (κ2) is 6.78. The van der Waals surface area contributed by atoms with E-state index in [2.05, 4.69) is 10.3 Å². The molecule has 2 aromatic rings. The average Bonchev–Trinajstić information content (AvgIpc) is 2.59. The quantitative estimate of drug-likeness (QED) is 0.930. The summed E-state index contributed by atoms with van der Waals surface area (Å²) in [6.07, 6.45) is 0.694. The molecule has 0 fully saturated rings. The Hall–Kier alpha value is -2.76. The Morgan fingerprint density at radius 3 is 2.58 bits per heavy atom. The van der Waals surface area contributed by atoms with Gasteiger partial charge in [-0.2, -0.15) is 0 Å². The highest BCUT2D eigenvalue weighted by atomic mass is 16.6. The Morgan fingerprint density at radius 2 is 1.88 bits per heavy atom. The molecule has 0 saturated heterocycles. The highest BCUT2D eigenvalue weighted by Crippen LogP contribution is 2.33. The zero-order valence-electron chi connectivity index (χ0n) is 14.0. The molecule has 1 N–H and O–H groups in total. The number of aromatic nitrogens is 1. The normalized spacial score (nSPS) is 18.8. The van der Waals surface area contributed by atoms with Crippen molar-refractivity contribution in [2.45, 2.75) is 25.7 Å². The molecule has 3 rings (SSSR count). The maximum atomic E-state index is 12.5. The lowest BCUT2D eigenvalue weighted by molar-refractivity contribution is -0.133. The van der Waals surface area contributed by atoms with Crippen LogP contribution < -0.4 is 19.7 Å². The molecular weight excluding hydrogens is 306 g/mol. The van der Waals surface area contributed by atoms with Gasteiger partial charge in [-0.1, -0.05) is 18.2 Å². The summed E-state index contributed by atoms with van der Waals surface area (Å²) in [6.45, 7) is 2.21. The molecule has 0 spiro atoms. The fourth-order valence-corrected chi connectivity index (χ4v) is 2.66. The molecule has 24 heavy (non-hydrogen) atoms. The first-order valence-electron chi connectivity index (χ1n) is 7.87. The van der Waals surface area contributed by atoms with Crippen LogP contribution in [0, 0.1) is 0 Å². The largest absolute Gasteiger partial charge is 0.482 e. The number of para-hydroxylation sites is 2. The van der Waals surface area contributed by atoms with Crippen molar-refractivity contribution in [1.82, 2.24) is 10.3 Å². The molecule has 126 valence electrons. The number of rotatable bonds is 4. The van der Waals surface area contributed by atoms with Crippen LogP contribution in [0.15, 0.2) is 42.6 Å². The smallest absolute Gasteiger partial charge is 0.265 e. The van der Waals surface area contributed by atoms with Crippen LogP contribution in [0.2, 0.25) is 0 Å². The second-order valence-corrected chi connectivity index (χ2v) is 5.91. The molecule has 0 unspecified atom stereocenters. The number of hydrogen-bond donors (Lipinski definition) is 1. The SMILES string of the molecule is C[C@@H]1Oc2ccccc2O[C@H]1C(=O)NCc1cccnc1N(C)C. The number of ether oxygens (including phenoxy) is 2. The van der Waals surface area contributed by atoms with Crippen molar-refractivity contribution in [2.24, 2.45) is 0 Å². The predicted molar refractivity (Wildman–Crippen MR) is 91.4 cm³/mol. The van der Waals surface area contributed by atoms with E-state index in [0.29, 0.717) is 18.0 Å². The van der Waals surface area contributed by atoms with E-state index in [1.807, 2.05) is 56.3 Å². The van der Waals surface area contributed by atoms with E-state index in [0.717, 1.165) is 11.4 Å².